The molecule has 1 heterocycles. The first kappa shape index (κ1) is 30.9. The SMILES string of the molecule is CC(C)C(C)C1OC1C(C)(O)C1CCC2(O)C3=CC(=O)C4CC(O)C(O)C5CCC3(CCC12CCc1cccc(O)c1)C45C. The Morgan fingerprint density at radius 2 is 1.84 bits per heavy atom. The topological polar surface area (TPSA) is 131 Å². The molecule has 5 N–H and O–H groups in total. The van der Waals surface area contributed by atoms with Crippen LogP contribution in [0.25, 0.3) is 0 Å². The van der Waals surface area contributed by atoms with Crippen LogP contribution in [0.15, 0.2) is 35.9 Å². The zero-order valence-corrected chi connectivity index (χ0v) is 27.0. The highest BCUT2D eigenvalue weighted by atomic mass is 16.6. The summed E-state index contributed by atoms with van der Waals surface area (Å²) in [7, 11) is 0. The van der Waals surface area contributed by atoms with Crippen LogP contribution in [0.2, 0.25) is 0 Å². The third-order valence-corrected chi connectivity index (χ3v) is 14.7. The third-order valence-electron chi connectivity index (χ3n) is 14.7. The number of benzene rings is 1. The predicted octanol–water partition coefficient (Wildman–Crippen LogP) is 4.71. The van der Waals surface area contributed by atoms with Crippen molar-refractivity contribution in [2.24, 2.45) is 45.8 Å². The summed E-state index contributed by atoms with van der Waals surface area (Å²) in [5.74, 6) is 0.0522. The lowest BCUT2D eigenvalue weighted by Gasteiger charge is -2.66. The van der Waals surface area contributed by atoms with Gasteiger partial charge in [-0.2, -0.15) is 0 Å². The van der Waals surface area contributed by atoms with Crippen molar-refractivity contribution in [2.45, 2.75) is 128 Å². The third kappa shape index (κ3) is 3.82. The summed E-state index contributed by atoms with van der Waals surface area (Å²) >= 11 is 0. The van der Waals surface area contributed by atoms with E-state index in [1.54, 1.807) is 18.2 Å². The molecular weight excluding hydrogens is 556 g/mol. The molecule has 1 spiro atoms. The van der Waals surface area contributed by atoms with E-state index < -0.39 is 39.7 Å². The summed E-state index contributed by atoms with van der Waals surface area (Å²) in [6.45, 7) is 10.6. The molecule has 1 aliphatic heterocycles. The van der Waals surface area contributed by atoms with Gasteiger partial charge in [-0.25, -0.2) is 0 Å². The number of hydrogen-bond acceptors (Lipinski definition) is 7. The van der Waals surface area contributed by atoms with Crippen molar-refractivity contribution >= 4 is 5.78 Å². The van der Waals surface area contributed by atoms with Gasteiger partial charge in [0.05, 0.1) is 29.5 Å². The number of hydrogen-bond donors (Lipinski definition) is 5. The second-order valence-electron chi connectivity index (χ2n) is 16.4. The van der Waals surface area contributed by atoms with Crippen LogP contribution in [-0.4, -0.2) is 66.9 Å². The fourth-order valence-electron chi connectivity index (χ4n) is 12.0. The van der Waals surface area contributed by atoms with Crippen LogP contribution in [0.3, 0.4) is 0 Å². The largest absolute Gasteiger partial charge is 0.508 e. The highest BCUT2D eigenvalue weighted by molar-refractivity contribution is 5.95. The van der Waals surface area contributed by atoms with Crippen molar-refractivity contribution in [3.8, 4) is 5.75 Å². The standard InChI is InChI=1S/C37H52O7/c1-20(2)21(3)31-32(44-31)34(5,42)28-11-14-37(43)29-19-26(39)25-18-27(40)30(41)24-10-13-35(29,33(24,25)4)15-16-36(28,37)12-9-22-7-6-8-23(38)17-22/h6-8,17,19-21,24-25,27-28,30-32,38,40-43H,9-16,18H2,1-5H3. The number of aliphatic hydroxyl groups excluding tert-OH is 2. The fraction of sp³-hybridized carbons (Fsp3) is 0.757. The Morgan fingerprint density at radius 1 is 1.09 bits per heavy atom. The number of allylic oxidation sites excluding steroid dienone is 1. The summed E-state index contributed by atoms with van der Waals surface area (Å²) in [6.07, 6.45) is 5.15. The molecule has 4 saturated carbocycles. The monoisotopic (exact) mass is 608 g/mol. The van der Waals surface area contributed by atoms with E-state index in [-0.39, 0.29) is 47.9 Å². The van der Waals surface area contributed by atoms with Crippen LogP contribution in [0.4, 0.5) is 0 Å². The smallest absolute Gasteiger partial charge is 0.159 e. The van der Waals surface area contributed by atoms with Crippen molar-refractivity contribution in [1.82, 2.24) is 0 Å². The zero-order chi connectivity index (χ0) is 31.6. The molecule has 1 saturated heterocycles. The second-order valence-corrected chi connectivity index (χ2v) is 16.4. The molecule has 5 fully saturated rings. The summed E-state index contributed by atoms with van der Waals surface area (Å²) in [5, 5.41) is 57.9. The number of fused-ring (bicyclic) bond motifs is 2. The first-order valence-corrected chi connectivity index (χ1v) is 17.1. The van der Waals surface area contributed by atoms with Gasteiger partial charge in [-0.15, -0.1) is 0 Å². The van der Waals surface area contributed by atoms with Gasteiger partial charge in [0, 0.05) is 16.7 Å². The van der Waals surface area contributed by atoms with Gasteiger partial charge in [0.25, 0.3) is 0 Å². The number of carbonyl (C=O) groups excluding carboxylic acids is 1. The summed E-state index contributed by atoms with van der Waals surface area (Å²) in [6, 6.07) is 7.27. The van der Waals surface area contributed by atoms with Gasteiger partial charge in [0.15, 0.2) is 5.78 Å². The molecule has 6 aliphatic rings. The predicted molar refractivity (Wildman–Crippen MR) is 166 cm³/mol. The van der Waals surface area contributed by atoms with Crippen molar-refractivity contribution in [1.29, 1.82) is 0 Å². The summed E-state index contributed by atoms with van der Waals surface area (Å²) < 4.78 is 6.25. The molecule has 7 nitrogen and oxygen atoms in total. The maximum absolute atomic E-state index is 14.0. The van der Waals surface area contributed by atoms with Gasteiger partial charge < -0.3 is 30.3 Å². The normalized spacial score (nSPS) is 47.8. The number of aryl methyl sites for hydroxylation is 1. The first-order valence-electron chi connectivity index (χ1n) is 17.1. The number of aliphatic hydroxyl groups is 4. The number of ketones is 1. The van der Waals surface area contributed by atoms with Crippen LogP contribution in [0.5, 0.6) is 5.75 Å². The molecule has 242 valence electrons. The van der Waals surface area contributed by atoms with Crippen LogP contribution in [0.1, 0.15) is 91.5 Å². The Balaban J connectivity index is 1.32. The van der Waals surface area contributed by atoms with Crippen molar-refractivity contribution < 1.29 is 35.1 Å². The van der Waals surface area contributed by atoms with E-state index in [9.17, 15) is 30.3 Å². The second kappa shape index (κ2) is 9.87. The lowest BCUT2D eigenvalue weighted by atomic mass is 9.39. The lowest BCUT2D eigenvalue weighted by molar-refractivity contribution is -0.193. The number of phenolic OH excluding ortho intramolecular Hbond substituents is 1. The molecule has 7 rings (SSSR count). The molecular formula is C37H52O7. The zero-order valence-electron chi connectivity index (χ0n) is 27.0. The number of rotatable bonds is 7. The number of epoxide rings is 1. The molecule has 0 aromatic heterocycles. The summed E-state index contributed by atoms with van der Waals surface area (Å²) in [4.78, 5) is 14.0. The number of phenols is 1. The van der Waals surface area contributed by atoms with Crippen LogP contribution < -0.4 is 0 Å². The number of ether oxygens (including phenoxy) is 1. The Labute approximate surface area is 261 Å². The van der Waals surface area contributed by atoms with Crippen LogP contribution in [0, 0.1) is 45.8 Å². The van der Waals surface area contributed by atoms with Gasteiger partial charge >= 0.3 is 0 Å². The molecule has 7 heteroatoms. The van der Waals surface area contributed by atoms with Gasteiger partial charge in [-0.3, -0.25) is 4.79 Å². The fourth-order valence-corrected chi connectivity index (χ4v) is 12.0. The molecule has 5 aliphatic carbocycles. The molecule has 0 bridgehead atoms. The van der Waals surface area contributed by atoms with Crippen molar-refractivity contribution in [3.05, 3.63) is 41.5 Å². The number of aromatic hydroxyl groups is 1. The lowest BCUT2D eigenvalue weighted by Crippen LogP contribution is -2.67. The minimum atomic E-state index is -1.30. The van der Waals surface area contributed by atoms with E-state index in [0.29, 0.717) is 50.4 Å². The van der Waals surface area contributed by atoms with Gasteiger partial charge in [0.2, 0.25) is 0 Å². The molecule has 0 amide bonds. The van der Waals surface area contributed by atoms with Crippen LogP contribution >= 0.6 is 0 Å². The van der Waals surface area contributed by atoms with E-state index in [1.165, 1.54) is 0 Å². The van der Waals surface area contributed by atoms with Crippen molar-refractivity contribution in [3.63, 3.8) is 0 Å². The Kier molecular flexibility index (Phi) is 6.92. The molecule has 0 radical (unpaired) electrons. The van der Waals surface area contributed by atoms with Gasteiger partial charge in [-0.05, 0) is 123 Å². The Morgan fingerprint density at radius 3 is 2.55 bits per heavy atom. The van der Waals surface area contributed by atoms with Crippen molar-refractivity contribution in [2.75, 3.05) is 0 Å². The molecule has 13 atom stereocenters. The maximum Gasteiger partial charge on any atom is 0.159 e. The van der Waals surface area contributed by atoms with Gasteiger partial charge in [-0.1, -0.05) is 39.8 Å². The highest BCUT2D eigenvalue weighted by Gasteiger charge is 2.78. The Hall–Kier alpha value is -1.77. The molecule has 1 aromatic rings. The minimum Gasteiger partial charge on any atom is -0.508 e. The van der Waals surface area contributed by atoms with Gasteiger partial charge in [0.1, 0.15) is 11.9 Å². The van der Waals surface area contributed by atoms with Crippen LogP contribution in [-0.2, 0) is 16.0 Å². The highest BCUT2D eigenvalue weighted by Crippen LogP contribution is 2.78. The minimum absolute atomic E-state index is 0.0300. The van der Waals surface area contributed by atoms with E-state index in [0.717, 1.165) is 24.0 Å². The molecule has 44 heavy (non-hydrogen) atoms. The molecule has 1 aromatic carbocycles. The van der Waals surface area contributed by atoms with E-state index in [4.69, 9.17) is 4.74 Å². The van der Waals surface area contributed by atoms with E-state index in [1.807, 2.05) is 19.1 Å². The summed E-state index contributed by atoms with van der Waals surface area (Å²) in [5.41, 5.74) is -2.35. The average Bonchev–Trinajstić information content (AvgIpc) is 3.64. The number of carbonyl (C=O) groups is 1. The first-order chi connectivity index (χ1) is 20.6. The Bertz CT molecular complexity index is 1370. The average molecular weight is 609 g/mol. The van der Waals surface area contributed by atoms with E-state index >= 15 is 0 Å². The van der Waals surface area contributed by atoms with E-state index in [2.05, 4.69) is 27.7 Å². The molecule has 13 unspecified atom stereocenters. The maximum atomic E-state index is 14.0. The quantitative estimate of drug-likeness (QED) is 0.284.